The first-order valence-electron chi connectivity index (χ1n) is 36.4. The maximum absolute atomic E-state index is 12.5. The summed E-state index contributed by atoms with van der Waals surface area (Å²) in [5.74, 6) is -0.0555. The molecule has 1 amide bonds. The Balaban J connectivity index is 3.38. The molecule has 0 aromatic heterocycles. The van der Waals surface area contributed by atoms with E-state index in [9.17, 15) is 19.8 Å². The summed E-state index contributed by atoms with van der Waals surface area (Å²) in [6.07, 6.45) is 92.1. The lowest BCUT2D eigenvalue weighted by Gasteiger charge is -2.20. The molecule has 0 bridgehead atoms. The van der Waals surface area contributed by atoms with Gasteiger partial charge in [-0.3, -0.25) is 9.59 Å². The first-order valence-corrected chi connectivity index (χ1v) is 36.4. The molecular weight excluding hydrogens is 995 g/mol. The molecule has 81 heavy (non-hydrogen) atoms. The number of aliphatic hydroxyl groups is 2. The average Bonchev–Trinajstić information content (AvgIpc) is 3.47. The molecule has 2 unspecified atom stereocenters. The summed E-state index contributed by atoms with van der Waals surface area (Å²) in [7, 11) is 0. The standard InChI is InChI=1S/C75H141NO5/c1-3-5-7-9-11-13-15-16-17-41-44-48-51-55-59-63-67-73(78)72(71-77)76-74(79)68-64-60-56-52-49-45-42-39-37-35-33-31-29-27-25-23-21-19-18-20-22-24-26-28-30-32-34-36-38-40-43-46-50-54-58-62-66-70-81-75(80)69-65-61-57-53-47-14-12-10-8-6-4-2/h10,12,18,20,24,26,63,67,72-73,77-78H,3-9,11,13-17,19,21-23,25,27-62,64-66,68-71H2,1-2H3,(H,76,79)/b12-10-,20-18-,26-24-,67-63+. The minimum absolute atomic E-state index is 0.00742. The van der Waals surface area contributed by atoms with E-state index in [4.69, 9.17) is 4.74 Å². The highest BCUT2D eigenvalue weighted by atomic mass is 16.5. The number of aliphatic hydroxyl groups excluding tert-OH is 2. The van der Waals surface area contributed by atoms with Crippen molar-refractivity contribution in [3.05, 3.63) is 48.6 Å². The van der Waals surface area contributed by atoms with Crippen LogP contribution in [-0.4, -0.2) is 47.4 Å². The van der Waals surface area contributed by atoms with Gasteiger partial charge in [-0.25, -0.2) is 0 Å². The van der Waals surface area contributed by atoms with Gasteiger partial charge in [-0.05, 0) is 83.5 Å². The lowest BCUT2D eigenvalue weighted by molar-refractivity contribution is -0.143. The molecule has 3 N–H and O–H groups in total. The predicted octanol–water partition coefficient (Wildman–Crippen LogP) is 23.6. The van der Waals surface area contributed by atoms with Crippen LogP contribution in [0, 0.1) is 0 Å². The van der Waals surface area contributed by atoms with Crippen molar-refractivity contribution in [2.75, 3.05) is 13.2 Å². The van der Waals surface area contributed by atoms with Gasteiger partial charge in [0.15, 0.2) is 0 Å². The molecule has 476 valence electrons. The van der Waals surface area contributed by atoms with Gasteiger partial charge >= 0.3 is 5.97 Å². The highest BCUT2D eigenvalue weighted by Gasteiger charge is 2.18. The van der Waals surface area contributed by atoms with Crippen LogP contribution < -0.4 is 5.32 Å². The SMILES string of the molecule is CCCC/C=C\CCCCCCCC(=O)OCCCCCCCCCCCCCCC/C=C\C/C=C\CCCCCCCCCCCCCCCCCCCC(=O)NC(CO)C(O)/C=C/CCCCCCCCCCCCCCCC. The Morgan fingerprint density at radius 1 is 0.346 bits per heavy atom. The molecule has 0 saturated heterocycles. The Labute approximate surface area is 506 Å². The van der Waals surface area contributed by atoms with Gasteiger partial charge in [-0.1, -0.05) is 345 Å². The molecule has 6 heteroatoms. The maximum Gasteiger partial charge on any atom is 0.305 e. The van der Waals surface area contributed by atoms with Gasteiger partial charge in [0.1, 0.15) is 0 Å². The summed E-state index contributed by atoms with van der Waals surface area (Å²) in [6.45, 7) is 4.89. The predicted molar refractivity (Wildman–Crippen MR) is 356 cm³/mol. The molecule has 0 fully saturated rings. The fourth-order valence-corrected chi connectivity index (χ4v) is 11.2. The number of hydrogen-bond donors (Lipinski definition) is 3. The third kappa shape index (κ3) is 66.8. The van der Waals surface area contributed by atoms with Crippen LogP contribution in [-0.2, 0) is 14.3 Å². The molecule has 0 spiro atoms. The smallest absolute Gasteiger partial charge is 0.305 e. The number of carbonyl (C=O) groups is 2. The molecule has 0 aromatic carbocycles. The average molecular weight is 1140 g/mol. The van der Waals surface area contributed by atoms with Gasteiger partial charge < -0.3 is 20.3 Å². The van der Waals surface area contributed by atoms with Crippen LogP contribution in [0.1, 0.15) is 393 Å². The third-order valence-electron chi connectivity index (χ3n) is 16.8. The van der Waals surface area contributed by atoms with Gasteiger partial charge in [0, 0.05) is 12.8 Å². The second-order valence-corrected chi connectivity index (χ2v) is 24.9. The van der Waals surface area contributed by atoms with E-state index in [-0.39, 0.29) is 18.5 Å². The monoisotopic (exact) mass is 1140 g/mol. The summed E-state index contributed by atoms with van der Waals surface area (Å²) < 4.78 is 5.47. The summed E-state index contributed by atoms with van der Waals surface area (Å²) in [5.41, 5.74) is 0. The number of hydrogen-bond acceptors (Lipinski definition) is 5. The van der Waals surface area contributed by atoms with Gasteiger partial charge in [0.25, 0.3) is 0 Å². The first-order chi connectivity index (χ1) is 40.0. The van der Waals surface area contributed by atoms with Crippen LogP contribution in [0.25, 0.3) is 0 Å². The number of esters is 1. The Kier molecular flexibility index (Phi) is 68.4. The van der Waals surface area contributed by atoms with E-state index in [0.29, 0.717) is 19.4 Å². The Morgan fingerprint density at radius 3 is 0.988 bits per heavy atom. The Bertz CT molecular complexity index is 1360. The van der Waals surface area contributed by atoms with Crippen molar-refractivity contribution in [2.45, 2.75) is 405 Å². The fraction of sp³-hybridized carbons (Fsp3) is 0.867. The molecule has 0 aliphatic rings. The van der Waals surface area contributed by atoms with Gasteiger partial charge in [-0.2, -0.15) is 0 Å². The zero-order valence-corrected chi connectivity index (χ0v) is 54.5. The van der Waals surface area contributed by atoms with Crippen LogP contribution >= 0.6 is 0 Å². The Morgan fingerprint density at radius 2 is 0.630 bits per heavy atom. The minimum atomic E-state index is -0.843. The van der Waals surface area contributed by atoms with Crippen LogP contribution in [0.2, 0.25) is 0 Å². The van der Waals surface area contributed by atoms with Gasteiger partial charge in [0.2, 0.25) is 5.91 Å². The molecule has 0 rings (SSSR count). The van der Waals surface area contributed by atoms with Crippen LogP contribution in [0.4, 0.5) is 0 Å². The van der Waals surface area contributed by atoms with E-state index < -0.39 is 12.1 Å². The maximum atomic E-state index is 12.5. The van der Waals surface area contributed by atoms with Gasteiger partial charge in [-0.15, -0.1) is 0 Å². The largest absolute Gasteiger partial charge is 0.466 e. The summed E-state index contributed by atoms with van der Waals surface area (Å²) in [4.78, 5) is 24.5. The van der Waals surface area contributed by atoms with Crippen LogP contribution in [0.15, 0.2) is 48.6 Å². The normalized spacial score (nSPS) is 12.8. The molecule has 0 radical (unpaired) electrons. The van der Waals surface area contributed by atoms with Crippen LogP contribution in [0.3, 0.4) is 0 Å². The van der Waals surface area contributed by atoms with Crippen molar-refractivity contribution in [3.63, 3.8) is 0 Å². The van der Waals surface area contributed by atoms with Crippen LogP contribution in [0.5, 0.6) is 0 Å². The summed E-state index contributed by atoms with van der Waals surface area (Å²) >= 11 is 0. The number of ether oxygens (including phenoxy) is 1. The van der Waals surface area contributed by atoms with E-state index in [2.05, 4.69) is 55.6 Å². The molecule has 0 aliphatic carbocycles. The third-order valence-corrected chi connectivity index (χ3v) is 16.8. The second kappa shape index (κ2) is 70.3. The van der Waals surface area contributed by atoms with E-state index in [1.807, 2.05) is 6.08 Å². The van der Waals surface area contributed by atoms with Crippen molar-refractivity contribution in [1.82, 2.24) is 5.32 Å². The molecule has 0 saturated carbocycles. The molecule has 0 aromatic rings. The lowest BCUT2D eigenvalue weighted by Crippen LogP contribution is -2.45. The van der Waals surface area contributed by atoms with E-state index in [1.165, 1.54) is 315 Å². The highest BCUT2D eigenvalue weighted by Crippen LogP contribution is 2.18. The molecule has 6 nitrogen and oxygen atoms in total. The first kappa shape index (κ1) is 78.8. The number of amides is 1. The summed E-state index contributed by atoms with van der Waals surface area (Å²) in [5, 5.41) is 23.2. The van der Waals surface area contributed by atoms with Crippen molar-refractivity contribution in [3.8, 4) is 0 Å². The van der Waals surface area contributed by atoms with Crippen molar-refractivity contribution in [1.29, 1.82) is 0 Å². The quantitative estimate of drug-likeness (QED) is 0.0320. The van der Waals surface area contributed by atoms with Crippen molar-refractivity contribution in [2.24, 2.45) is 0 Å². The Hall–Kier alpha value is -2.18. The molecular formula is C75H141NO5. The molecule has 0 heterocycles. The van der Waals surface area contributed by atoms with E-state index >= 15 is 0 Å². The van der Waals surface area contributed by atoms with Gasteiger partial charge in [0.05, 0.1) is 25.4 Å². The number of unbranched alkanes of at least 4 members (excludes halogenated alkanes) is 51. The number of carbonyl (C=O) groups excluding carboxylic acids is 2. The highest BCUT2D eigenvalue weighted by molar-refractivity contribution is 5.76. The molecule has 2 atom stereocenters. The topological polar surface area (TPSA) is 95.9 Å². The summed E-state index contributed by atoms with van der Waals surface area (Å²) in [6, 6.07) is -0.626. The number of allylic oxidation sites excluding steroid dienone is 7. The minimum Gasteiger partial charge on any atom is -0.466 e. The molecule has 0 aliphatic heterocycles. The fourth-order valence-electron chi connectivity index (χ4n) is 11.2. The zero-order chi connectivity index (χ0) is 58.5. The number of rotatable bonds is 68. The van der Waals surface area contributed by atoms with Crippen molar-refractivity contribution < 1.29 is 24.5 Å². The van der Waals surface area contributed by atoms with E-state index in [0.717, 1.165) is 51.4 Å². The van der Waals surface area contributed by atoms with E-state index in [1.54, 1.807) is 6.08 Å². The number of nitrogens with one attached hydrogen (secondary N) is 1. The second-order valence-electron chi connectivity index (χ2n) is 24.9. The van der Waals surface area contributed by atoms with Crippen molar-refractivity contribution >= 4 is 11.9 Å². The zero-order valence-electron chi connectivity index (χ0n) is 54.5. The lowest BCUT2D eigenvalue weighted by atomic mass is 10.0.